The van der Waals surface area contributed by atoms with Gasteiger partial charge in [-0.05, 0) is 37.6 Å². The molecule has 6 heteroatoms. The minimum absolute atomic E-state index is 0.123. The second-order valence-corrected chi connectivity index (χ2v) is 6.84. The van der Waals surface area contributed by atoms with Crippen molar-refractivity contribution in [3.63, 3.8) is 0 Å². The molecule has 0 aliphatic carbocycles. The number of nitrogens with one attached hydrogen (secondary N) is 1. The van der Waals surface area contributed by atoms with Gasteiger partial charge in [-0.15, -0.1) is 6.58 Å². The van der Waals surface area contributed by atoms with Crippen molar-refractivity contribution >= 4 is 10.0 Å². The van der Waals surface area contributed by atoms with Gasteiger partial charge in [-0.25, -0.2) is 17.1 Å². The largest absolute Gasteiger partial charge is 0.313 e. The maximum absolute atomic E-state index is 13.7. The predicted octanol–water partition coefficient (Wildman–Crippen LogP) is 2.52. The molecule has 1 aromatic rings. The molecular formula is C15H23FN2O2S. The zero-order valence-corrected chi connectivity index (χ0v) is 13.4. The van der Waals surface area contributed by atoms with Gasteiger partial charge in [-0.3, -0.25) is 0 Å². The Balaban J connectivity index is 2.94. The molecule has 0 saturated carbocycles. The van der Waals surface area contributed by atoms with Gasteiger partial charge >= 0.3 is 0 Å². The summed E-state index contributed by atoms with van der Waals surface area (Å²) in [6.45, 7) is 6.93. The lowest BCUT2D eigenvalue weighted by Crippen LogP contribution is -2.28. The summed E-state index contributed by atoms with van der Waals surface area (Å²) < 4.78 is 39.8. The van der Waals surface area contributed by atoms with Crippen molar-refractivity contribution in [3.8, 4) is 0 Å². The zero-order chi connectivity index (χ0) is 15.9. The summed E-state index contributed by atoms with van der Waals surface area (Å²) >= 11 is 0. The van der Waals surface area contributed by atoms with Crippen molar-refractivity contribution in [1.82, 2.24) is 9.62 Å². The van der Waals surface area contributed by atoms with Gasteiger partial charge in [0.15, 0.2) is 0 Å². The van der Waals surface area contributed by atoms with Crippen LogP contribution in [0.15, 0.2) is 35.7 Å². The van der Waals surface area contributed by atoms with Crippen LogP contribution in [0.3, 0.4) is 0 Å². The van der Waals surface area contributed by atoms with Gasteiger partial charge in [0.05, 0.1) is 4.90 Å². The number of hydrogen-bond acceptors (Lipinski definition) is 3. The summed E-state index contributed by atoms with van der Waals surface area (Å²) in [7, 11) is -2.05. The number of sulfonamides is 1. The molecule has 0 atom stereocenters. The fourth-order valence-corrected chi connectivity index (χ4v) is 3.13. The summed E-state index contributed by atoms with van der Waals surface area (Å²) in [6, 6.07) is 3.92. The monoisotopic (exact) mass is 314 g/mol. The molecule has 1 rings (SSSR count). The first kappa shape index (κ1) is 17.8. The average Bonchev–Trinajstić information content (AvgIpc) is 2.46. The van der Waals surface area contributed by atoms with E-state index in [9.17, 15) is 12.8 Å². The highest BCUT2D eigenvalue weighted by molar-refractivity contribution is 7.89. The van der Waals surface area contributed by atoms with E-state index < -0.39 is 15.8 Å². The molecule has 0 amide bonds. The van der Waals surface area contributed by atoms with E-state index >= 15 is 0 Å². The molecular weight excluding hydrogens is 291 g/mol. The topological polar surface area (TPSA) is 49.4 Å². The van der Waals surface area contributed by atoms with Gasteiger partial charge in [0.25, 0.3) is 0 Å². The Hall–Kier alpha value is -1.24. The first-order valence-electron chi connectivity index (χ1n) is 6.99. The summed E-state index contributed by atoms with van der Waals surface area (Å²) in [4.78, 5) is 0.123. The lowest BCUT2D eigenvalue weighted by Gasteiger charge is -2.17. The lowest BCUT2D eigenvalue weighted by atomic mass is 10.2. The van der Waals surface area contributed by atoms with Crippen LogP contribution in [0.1, 0.15) is 25.3 Å². The van der Waals surface area contributed by atoms with Gasteiger partial charge in [-0.2, -0.15) is 0 Å². The lowest BCUT2D eigenvalue weighted by molar-refractivity contribution is 0.462. The number of benzene rings is 1. The molecule has 0 bridgehead atoms. The predicted molar refractivity (Wildman–Crippen MR) is 83.0 cm³/mol. The second-order valence-electron chi connectivity index (χ2n) is 4.79. The summed E-state index contributed by atoms with van der Waals surface area (Å²) in [5, 5.41) is 3.00. The summed E-state index contributed by atoms with van der Waals surface area (Å²) in [5.74, 6) is -0.399. The van der Waals surface area contributed by atoms with Gasteiger partial charge in [0.2, 0.25) is 10.0 Å². The first-order chi connectivity index (χ1) is 9.93. The van der Waals surface area contributed by atoms with Crippen molar-refractivity contribution in [2.75, 3.05) is 20.1 Å². The molecule has 21 heavy (non-hydrogen) atoms. The second kappa shape index (κ2) is 8.26. The smallest absolute Gasteiger partial charge is 0.242 e. The fourth-order valence-electron chi connectivity index (χ4n) is 1.87. The number of allylic oxidation sites excluding steroid dienone is 1. The molecule has 118 valence electrons. The number of rotatable bonds is 9. The molecule has 0 spiro atoms. The normalized spacial score (nSPS) is 11.8. The molecule has 0 unspecified atom stereocenters. The molecule has 1 aromatic carbocycles. The standard InChI is InChI=1S/C15H23FN2O2S/c1-4-6-7-10-18(3)21(19,20)14-8-9-15(16)13(11-14)12-17-5-2/h4,8-9,11,17H,1,5-7,10,12H2,2-3H3. The van der Waals surface area contributed by atoms with Crippen LogP contribution >= 0.6 is 0 Å². The quantitative estimate of drug-likeness (QED) is 0.563. The number of hydrogen-bond donors (Lipinski definition) is 1. The molecule has 1 N–H and O–H groups in total. The Bertz CT molecular complexity index is 573. The van der Waals surface area contributed by atoms with E-state index in [1.54, 1.807) is 6.08 Å². The van der Waals surface area contributed by atoms with Gasteiger partial charge in [0, 0.05) is 25.7 Å². The van der Waals surface area contributed by atoms with E-state index in [0.29, 0.717) is 31.6 Å². The highest BCUT2D eigenvalue weighted by Gasteiger charge is 2.21. The average molecular weight is 314 g/mol. The Morgan fingerprint density at radius 3 is 2.76 bits per heavy atom. The van der Waals surface area contributed by atoms with E-state index in [0.717, 1.165) is 6.42 Å². The summed E-state index contributed by atoms with van der Waals surface area (Å²) in [6.07, 6.45) is 3.23. The van der Waals surface area contributed by atoms with Crippen LogP contribution in [0.25, 0.3) is 0 Å². The SMILES string of the molecule is C=CCCCN(C)S(=O)(=O)c1ccc(F)c(CNCC)c1. The number of nitrogens with zero attached hydrogens (tertiary/aromatic N) is 1. The molecule has 0 aromatic heterocycles. The summed E-state index contributed by atoms with van der Waals surface area (Å²) in [5.41, 5.74) is 0.359. The van der Waals surface area contributed by atoms with Gasteiger partial charge < -0.3 is 5.32 Å². The van der Waals surface area contributed by atoms with Gasteiger partial charge in [-0.1, -0.05) is 13.0 Å². The van der Waals surface area contributed by atoms with Crippen LogP contribution in [-0.2, 0) is 16.6 Å². The van der Waals surface area contributed by atoms with E-state index in [1.165, 1.54) is 29.6 Å². The highest BCUT2D eigenvalue weighted by Crippen LogP contribution is 2.18. The van der Waals surface area contributed by atoms with E-state index in [4.69, 9.17) is 0 Å². The Morgan fingerprint density at radius 1 is 1.43 bits per heavy atom. The molecule has 0 aliphatic heterocycles. The van der Waals surface area contributed by atoms with Crippen LogP contribution in [0.4, 0.5) is 4.39 Å². The van der Waals surface area contributed by atoms with E-state index in [-0.39, 0.29) is 4.90 Å². The van der Waals surface area contributed by atoms with Crippen LogP contribution < -0.4 is 5.32 Å². The Labute approximate surface area is 126 Å². The molecule has 0 heterocycles. The maximum atomic E-state index is 13.7. The van der Waals surface area contributed by atoms with Gasteiger partial charge in [0.1, 0.15) is 5.82 Å². The third-order valence-electron chi connectivity index (χ3n) is 3.17. The molecule has 0 saturated heterocycles. The van der Waals surface area contributed by atoms with Crippen molar-refractivity contribution in [1.29, 1.82) is 0 Å². The molecule has 0 fully saturated rings. The number of halogens is 1. The Morgan fingerprint density at radius 2 is 2.14 bits per heavy atom. The first-order valence-corrected chi connectivity index (χ1v) is 8.43. The van der Waals surface area contributed by atoms with Crippen molar-refractivity contribution < 1.29 is 12.8 Å². The maximum Gasteiger partial charge on any atom is 0.242 e. The molecule has 0 radical (unpaired) electrons. The molecule has 4 nitrogen and oxygen atoms in total. The van der Waals surface area contributed by atoms with Crippen LogP contribution in [0, 0.1) is 5.82 Å². The van der Waals surface area contributed by atoms with Crippen LogP contribution in [-0.4, -0.2) is 32.9 Å². The molecule has 0 aliphatic rings. The van der Waals surface area contributed by atoms with E-state index in [1.807, 2.05) is 6.92 Å². The van der Waals surface area contributed by atoms with Crippen molar-refractivity contribution in [2.24, 2.45) is 0 Å². The number of unbranched alkanes of at least 4 members (excludes halogenated alkanes) is 1. The minimum atomic E-state index is -3.58. The van der Waals surface area contributed by atoms with Crippen molar-refractivity contribution in [2.45, 2.75) is 31.2 Å². The third-order valence-corrected chi connectivity index (χ3v) is 5.02. The van der Waals surface area contributed by atoms with Crippen LogP contribution in [0.2, 0.25) is 0 Å². The van der Waals surface area contributed by atoms with Crippen LogP contribution in [0.5, 0.6) is 0 Å². The van der Waals surface area contributed by atoms with Crippen molar-refractivity contribution in [3.05, 3.63) is 42.2 Å². The van der Waals surface area contributed by atoms with E-state index in [2.05, 4.69) is 11.9 Å². The fraction of sp³-hybridized carbons (Fsp3) is 0.467. The third kappa shape index (κ3) is 4.91. The minimum Gasteiger partial charge on any atom is -0.313 e. The highest BCUT2D eigenvalue weighted by atomic mass is 32.2. The zero-order valence-electron chi connectivity index (χ0n) is 12.6. The Kier molecular flexibility index (Phi) is 7.01.